The second-order valence-electron chi connectivity index (χ2n) is 9.01. The van der Waals surface area contributed by atoms with Gasteiger partial charge in [-0.3, -0.25) is 4.79 Å². The number of anilines is 2. The van der Waals surface area contributed by atoms with Crippen molar-refractivity contribution in [2.75, 3.05) is 56.2 Å². The summed E-state index contributed by atoms with van der Waals surface area (Å²) in [6.45, 7) is 4.31. The summed E-state index contributed by atoms with van der Waals surface area (Å²) in [7, 11) is -3.61. The minimum Gasteiger partial charge on any atom is -0.493 e. The fourth-order valence-electron chi connectivity index (χ4n) is 4.84. The van der Waals surface area contributed by atoms with Gasteiger partial charge < -0.3 is 19.7 Å². The molecule has 0 unspecified atom stereocenters. The van der Waals surface area contributed by atoms with Gasteiger partial charge in [0.1, 0.15) is 5.75 Å². The average molecular weight is 486 g/mol. The summed E-state index contributed by atoms with van der Waals surface area (Å²) >= 11 is 0. The number of carbonyl (C=O) groups is 1. The number of fused-ring (bicyclic) bond motifs is 1. The Hall–Kier alpha value is -2.62. The normalized spacial score (nSPS) is 18.9. The number of piperidine rings is 1. The Morgan fingerprint density at radius 3 is 2.53 bits per heavy atom. The number of ether oxygens (including phenoxy) is 2. The monoisotopic (exact) mass is 485 g/mol. The first kappa shape index (κ1) is 23.1. The van der Waals surface area contributed by atoms with Crippen LogP contribution in [0.1, 0.15) is 30.4 Å². The van der Waals surface area contributed by atoms with Crippen molar-refractivity contribution < 1.29 is 22.7 Å². The van der Waals surface area contributed by atoms with E-state index < -0.39 is 10.0 Å². The van der Waals surface area contributed by atoms with E-state index in [0.29, 0.717) is 51.7 Å². The number of nitrogens with zero attached hydrogens (tertiary/aromatic N) is 2. The molecule has 0 aromatic heterocycles. The van der Waals surface area contributed by atoms with Gasteiger partial charge in [0.15, 0.2) is 0 Å². The molecular formula is C25H31N3O5S. The van der Waals surface area contributed by atoms with Gasteiger partial charge in [-0.2, -0.15) is 4.31 Å². The van der Waals surface area contributed by atoms with E-state index in [2.05, 4.69) is 10.2 Å². The molecule has 2 aromatic carbocycles. The highest BCUT2D eigenvalue weighted by Crippen LogP contribution is 2.32. The van der Waals surface area contributed by atoms with Crippen molar-refractivity contribution in [3.05, 3.63) is 47.5 Å². The van der Waals surface area contributed by atoms with E-state index in [0.717, 1.165) is 48.2 Å². The lowest BCUT2D eigenvalue weighted by atomic mass is 10.1. The second-order valence-corrected chi connectivity index (χ2v) is 10.9. The molecular weight excluding hydrogens is 454 g/mol. The fourth-order valence-corrected chi connectivity index (χ4v) is 6.38. The van der Waals surface area contributed by atoms with Crippen LogP contribution >= 0.6 is 0 Å². The summed E-state index contributed by atoms with van der Waals surface area (Å²) in [4.78, 5) is 15.4. The van der Waals surface area contributed by atoms with Crippen LogP contribution in [-0.4, -0.2) is 64.6 Å². The lowest BCUT2D eigenvalue weighted by Crippen LogP contribution is -2.37. The van der Waals surface area contributed by atoms with E-state index in [-0.39, 0.29) is 17.2 Å². The van der Waals surface area contributed by atoms with E-state index in [1.165, 1.54) is 0 Å². The third-order valence-electron chi connectivity index (χ3n) is 6.67. The number of amides is 1. The van der Waals surface area contributed by atoms with Crippen molar-refractivity contribution in [3.63, 3.8) is 0 Å². The number of sulfonamides is 1. The average Bonchev–Trinajstić information content (AvgIpc) is 3.33. The van der Waals surface area contributed by atoms with E-state index in [9.17, 15) is 13.2 Å². The van der Waals surface area contributed by atoms with E-state index in [1.807, 2.05) is 24.3 Å². The van der Waals surface area contributed by atoms with Crippen molar-refractivity contribution in [1.29, 1.82) is 0 Å². The quantitative estimate of drug-likeness (QED) is 0.677. The number of morpholine rings is 1. The molecule has 1 N–H and O–H groups in total. The van der Waals surface area contributed by atoms with Crippen LogP contribution in [0.25, 0.3) is 0 Å². The number of rotatable bonds is 6. The molecule has 2 saturated heterocycles. The summed E-state index contributed by atoms with van der Waals surface area (Å²) < 4.78 is 39.1. The third-order valence-corrected chi connectivity index (χ3v) is 8.56. The van der Waals surface area contributed by atoms with Gasteiger partial charge in [-0.25, -0.2) is 8.42 Å². The Labute approximate surface area is 200 Å². The molecule has 0 atom stereocenters. The van der Waals surface area contributed by atoms with E-state index in [4.69, 9.17) is 9.47 Å². The lowest BCUT2D eigenvalue weighted by molar-refractivity contribution is -0.115. The van der Waals surface area contributed by atoms with Crippen molar-refractivity contribution >= 4 is 27.3 Å². The van der Waals surface area contributed by atoms with Crippen LogP contribution in [0.2, 0.25) is 0 Å². The fraction of sp³-hybridized carbons (Fsp3) is 0.480. The molecule has 0 saturated carbocycles. The molecule has 1 amide bonds. The van der Waals surface area contributed by atoms with Crippen LogP contribution in [0.4, 0.5) is 11.4 Å². The molecule has 34 heavy (non-hydrogen) atoms. The number of carbonyl (C=O) groups excluding carboxylic acids is 1. The van der Waals surface area contributed by atoms with Gasteiger partial charge in [0, 0.05) is 32.6 Å². The molecule has 8 nitrogen and oxygen atoms in total. The van der Waals surface area contributed by atoms with Gasteiger partial charge in [-0.1, -0.05) is 18.6 Å². The van der Waals surface area contributed by atoms with E-state index in [1.54, 1.807) is 16.4 Å². The lowest BCUT2D eigenvalue weighted by Gasteiger charge is -2.31. The molecule has 0 bridgehead atoms. The highest BCUT2D eigenvalue weighted by atomic mass is 32.2. The van der Waals surface area contributed by atoms with Gasteiger partial charge in [0.05, 0.1) is 42.5 Å². The number of hydrogen-bond donors (Lipinski definition) is 1. The topological polar surface area (TPSA) is 88.2 Å². The van der Waals surface area contributed by atoms with Crippen LogP contribution in [0.15, 0.2) is 41.3 Å². The van der Waals surface area contributed by atoms with Gasteiger partial charge in [0.25, 0.3) is 0 Å². The highest BCUT2D eigenvalue weighted by molar-refractivity contribution is 7.89. The molecule has 0 spiro atoms. The molecule has 2 fully saturated rings. The maximum Gasteiger partial charge on any atom is 0.243 e. The molecule has 182 valence electrons. The Bertz CT molecular complexity index is 1160. The third kappa shape index (κ3) is 4.92. The SMILES string of the molecule is O=C(Cc1ccc2c(c1)CCO2)Nc1cc(S(=O)(=O)N2CCCCC2)ccc1N1CCOCC1. The first-order chi connectivity index (χ1) is 16.5. The van der Waals surface area contributed by atoms with Gasteiger partial charge in [-0.15, -0.1) is 0 Å². The largest absolute Gasteiger partial charge is 0.493 e. The molecule has 3 aliphatic rings. The van der Waals surface area contributed by atoms with Crippen LogP contribution in [0.5, 0.6) is 5.75 Å². The smallest absolute Gasteiger partial charge is 0.243 e. The zero-order chi connectivity index (χ0) is 23.5. The molecule has 0 aliphatic carbocycles. The standard InChI is InChI=1S/C25H31N3O5S/c29-25(17-19-4-7-24-20(16-19)8-13-33-24)26-22-18-21(34(30,31)28-9-2-1-3-10-28)5-6-23(22)27-11-14-32-15-12-27/h4-7,16,18H,1-3,8-15,17H2,(H,26,29). The molecule has 2 aromatic rings. The zero-order valence-electron chi connectivity index (χ0n) is 19.3. The van der Waals surface area contributed by atoms with Crippen molar-refractivity contribution in [3.8, 4) is 5.75 Å². The number of hydrogen-bond acceptors (Lipinski definition) is 6. The molecule has 9 heteroatoms. The second kappa shape index (κ2) is 9.93. The van der Waals surface area contributed by atoms with Crippen molar-refractivity contribution in [2.45, 2.75) is 37.0 Å². The maximum atomic E-state index is 13.3. The minimum atomic E-state index is -3.61. The molecule has 5 rings (SSSR count). The summed E-state index contributed by atoms with van der Waals surface area (Å²) in [5.41, 5.74) is 3.37. The first-order valence-corrected chi connectivity index (χ1v) is 13.5. The van der Waals surface area contributed by atoms with E-state index >= 15 is 0 Å². The highest BCUT2D eigenvalue weighted by Gasteiger charge is 2.28. The zero-order valence-corrected chi connectivity index (χ0v) is 20.1. The van der Waals surface area contributed by atoms with Crippen LogP contribution < -0.4 is 15.0 Å². The van der Waals surface area contributed by atoms with Gasteiger partial charge in [0.2, 0.25) is 15.9 Å². The first-order valence-electron chi connectivity index (χ1n) is 12.0. The van der Waals surface area contributed by atoms with Crippen LogP contribution in [0, 0.1) is 0 Å². The Morgan fingerprint density at radius 2 is 1.74 bits per heavy atom. The molecule has 3 heterocycles. The Kier molecular flexibility index (Phi) is 6.76. The Balaban J connectivity index is 1.40. The predicted octanol–water partition coefficient (Wildman–Crippen LogP) is 2.81. The predicted molar refractivity (Wildman–Crippen MR) is 130 cm³/mol. The van der Waals surface area contributed by atoms with Crippen LogP contribution in [-0.2, 0) is 32.4 Å². The molecule has 3 aliphatic heterocycles. The van der Waals surface area contributed by atoms with Crippen molar-refractivity contribution in [2.24, 2.45) is 0 Å². The summed E-state index contributed by atoms with van der Waals surface area (Å²) in [6, 6.07) is 10.9. The Morgan fingerprint density at radius 1 is 0.941 bits per heavy atom. The summed E-state index contributed by atoms with van der Waals surface area (Å²) in [6.07, 6.45) is 3.86. The van der Waals surface area contributed by atoms with Gasteiger partial charge in [-0.05, 0) is 48.2 Å². The van der Waals surface area contributed by atoms with Crippen LogP contribution in [0.3, 0.4) is 0 Å². The van der Waals surface area contributed by atoms with Gasteiger partial charge >= 0.3 is 0 Å². The summed E-state index contributed by atoms with van der Waals surface area (Å²) in [5.74, 6) is 0.704. The maximum absolute atomic E-state index is 13.3. The van der Waals surface area contributed by atoms with Crippen molar-refractivity contribution in [1.82, 2.24) is 4.31 Å². The minimum absolute atomic E-state index is 0.180. The number of nitrogens with one attached hydrogen (secondary N) is 1. The number of benzene rings is 2. The molecule has 0 radical (unpaired) electrons. The summed E-state index contributed by atoms with van der Waals surface area (Å²) in [5, 5.41) is 3.00.